The second-order valence-electron chi connectivity index (χ2n) is 2.61. The lowest BCUT2D eigenvalue weighted by atomic mass is 10.1. The molecule has 0 aliphatic rings. The Kier molecular flexibility index (Phi) is 3.00. The van der Waals surface area contributed by atoms with E-state index in [1.165, 1.54) is 24.3 Å². The van der Waals surface area contributed by atoms with Crippen molar-refractivity contribution in [1.29, 1.82) is 0 Å². The number of hydrogen-bond acceptors (Lipinski definition) is 4. The van der Waals surface area contributed by atoms with Crippen molar-refractivity contribution in [2.75, 3.05) is 0 Å². The van der Waals surface area contributed by atoms with Gasteiger partial charge < -0.3 is 5.11 Å². The molecule has 14 heavy (non-hydrogen) atoms. The first-order chi connectivity index (χ1) is 6.46. The lowest BCUT2D eigenvalue weighted by Crippen LogP contribution is -2.13. The van der Waals surface area contributed by atoms with Gasteiger partial charge in [-0.25, -0.2) is 0 Å². The molecule has 1 aromatic carbocycles. The van der Waals surface area contributed by atoms with Gasteiger partial charge in [0.2, 0.25) is 5.44 Å². The van der Waals surface area contributed by atoms with Gasteiger partial charge in [0.15, 0.2) is 0 Å². The summed E-state index contributed by atoms with van der Waals surface area (Å²) in [6.07, 6.45) is 0.406. The SMILES string of the molecule is O=Cc1ccccc1C(O)S(=O)(=O)O. The van der Waals surface area contributed by atoms with Crippen LogP contribution in [0.15, 0.2) is 24.3 Å². The van der Waals surface area contributed by atoms with Gasteiger partial charge >= 0.3 is 0 Å². The minimum atomic E-state index is -4.59. The third-order valence-corrected chi connectivity index (χ3v) is 2.49. The molecule has 0 spiro atoms. The molecule has 2 N–H and O–H groups in total. The second-order valence-corrected chi connectivity index (χ2v) is 4.09. The third kappa shape index (κ3) is 2.16. The van der Waals surface area contributed by atoms with Gasteiger partial charge in [0.1, 0.15) is 6.29 Å². The van der Waals surface area contributed by atoms with Crippen LogP contribution in [0.2, 0.25) is 0 Å². The molecule has 0 aliphatic carbocycles. The van der Waals surface area contributed by atoms with E-state index in [2.05, 4.69) is 0 Å². The molecule has 0 bridgehead atoms. The molecule has 1 unspecified atom stereocenters. The molecule has 1 rings (SSSR count). The van der Waals surface area contributed by atoms with Crippen molar-refractivity contribution >= 4 is 16.4 Å². The molecule has 76 valence electrons. The van der Waals surface area contributed by atoms with Crippen molar-refractivity contribution in [2.45, 2.75) is 5.44 Å². The van der Waals surface area contributed by atoms with Gasteiger partial charge in [-0.2, -0.15) is 8.42 Å². The highest BCUT2D eigenvalue weighted by Crippen LogP contribution is 2.20. The first-order valence-corrected chi connectivity index (χ1v) is 5.15. The van der Waals surface area contributed by atoms with Crippen LogP contribution < -0.4 is 0 Å². The summed E-state index contributed by atoms with van der Waals surface area (Å²) in [5.41, 5.74) is -2.19. The molecule has 0 radical (unpaired) electrons. The van der Waals surface area contributed by atoms with Crippen molar-refractivity contribution < 1.29 is 22.9 Å². The van der Waals surface area contributed by atoms with Gasteiger partial charge in [-0.1, -0.05) is 24.3 Å². The molecular weight excluding hydrogens is 208 g/mol. The summed E-state index contributed by atoms with van der Waals surface area (Å²) in [4.78, 5) is 10.5. The fourth-order valence-corrected chi connectivity index (χ4v) is 1.54. The number of hydrogen-bond donors (Lipinski definition) is 2. The van der Waals surface area contributed by atoms with E-state index in [1.54, 1.807) is 0 Å². The molecule has 0 heterocycles. The van der Waals surface area contributed by atoms with Gasteiger partial charge in [-0.3, -0.25) is 9.35 Å². The maximum absolute atomic E-state index is 10.6. The first-order valence-electron chi connectivity index (χ1n) is 3.65. The normalized spacial score (nSPS) is 13.6. The predicted octanol–water partition coefficient (Wildman–Crippen LogP) is 0.378. The van der Waals surface area contributed by atoms with Crippen molar-refractivity contribution in [3.05, 3.63) is 35.4 Å². The summed E-state index contributed by atoms with van der Waals surface area (Å²) in [6, 6.07) is 5.57. The number of aldehydes is 1. The van der Waals surface area contributed by atoms with Gasteiger partial charge in [-0.05, 0) is 0 Å². The third-order valence-electron chi connectivity index (χ3n) is 1.67. The molecule has 0 saturated heterocycles. The van der Waals surface area contributed by atoms with Crippen LogP contribution in [0.3, 0.4) is 0 Å². The van der Waals surface area contributed by atoms with Gasteiger partial charge in [-0.15, -0.1) is 0 Å². The molecule has 0 fully saturated rings. The van der Waals surface area contributed by atoms with Crippen molar-refractivity contribution in [1.82, 2.24) is 0 Å². The van der Waals surface area contributed by atoms with E-state index in [4.69, 9.17) is 4.55 Å². The Labute approximate surface area is 80.7 Å². The number of carbonyl (C=O) groups excluding carboxylic acids is 1. The summed E-state index contributed by atoms with van der Waals surface area (Å²) in [5.74, 6) is 0. The van der Waals surface area contributed by atoms with E-state index in [0.717, 1.165) is 0 Å². The summed E-state index contributed by atoms with van der Waals surface area (Å²) >= 11 is 0. The van der Waals surface area contributed by atoms with Crippen LogP contribution in [0.5, 0.6) is 0 Å². The average molecular weight is 216 g/mol. The lowest BCUT2D eigenvalue weighted by Gasteiger charge is -2.08. The molecule has 1 atom stereocenters. The number of aliphatic hydroxyl groups is 1. The van der Waals surface area contributed by atoms with E-state index in [9.17, 15) is 18.3 Å². The predicted molar refractivity (Wildman–Crippen MR) is 48.3 cm³/mol. The molecule has 0 amide bonds. The summed E-state index contributed by atoms with van der Waals surface area (Å²) in [5, 5.41) is 9.17. The van der Waals surface area contributed by atoms with Crippen LogP contribution in [0.25, 0.3) is 0 Å². The summed E-state index contributed by atoms with van der Waals surface area (Å²) in [6.45, 7) is 0. The molecule has 5 nitrogen and oxygen atoms in total. The Morgan fingerprint density at radius 3 is 2.36 bits per heavy atom. The lowest BCUT2D eigenvalue weighted by molar-refractivity contribution is 0.112. The largest absolute Gasteiger partial charge is 0.371 e. The number of carbonyl (C=O) groups is 1. The van der Waals surface area contributed by atoms with E-state index in [-0.39, 0.29) is 11.1 Å². The number of aliphatic hydroxyl groups excluding tert-OH is 1. The highest BCUT2D eigenvalue weighted by atomic mass is 32.2. The maximum atomic E-state index is 10.6. The highest BCUT2D eigenvalue weighted by Gasteiger charge is 2.23. The monoisotopic (exact) mass is 216 g/mol. The highest BCUT2D eigenvalue weighted by molar-refractivity contribution is 7.85. The van der Waals surface area contributed by atoms with Crippen LogP contribution in [-0.2, 0) is 10.1 Å². The van der Waals surface area contributed by atoms with E-state index in [1.807, 2.05) is 0 Å². The maximum Gasteiger partial charge on any atom is 0.296 e. The number of rotatable bonds is 3. The Morgan fingerprint density at radius 1 is 1.29 bits per heavy atom. The van der Waals surface area contributed by atoms with E-state index < -0.39 is 15.6 Å². The Morgan fingerprint density at radius 2 is 1.86 bits per heavy atom. The van der Waals surface area contributed by atoms with Crippen molar-refractivity contribution in [3.63, 3.8) is 0 Å². The Bertz CT molecular complexity index is 437. The minimum Gasteiger partial charge on any atom is -0.371 e. The fraction of sp³-hybridized carbons (Fsp3) is 0.125. The van der Waals surface area contributed by atoms with Crippen LogP contribution in [0, 0.1) is 0 Å². The summed E-state index contributed by atoms with van der Waals surface area (Å²) < 4.78 is 29.7. The summed E-state index contributed by atoms with van der Waals surface area (Å²) in [7, 11) is -4.59. The smallest absolute Gasteiger partial charge is 0.296 e. The Hall–Kier alpha value is -1.24. The van der Waals surface area contributed by atoms with E-state index >= 15 is 0 Å². The molecule has 1 aromatic rings. The zero-order valence-corrected chi connectivity index (χ0v) is 7.81. The Balaban J connectivity index is 3.26. The minimum absolute atomic E-state index is 0.0256. The zero-order valence-electron chi connectivity index (χ0n) is 6.99. The molecule has 0 aliphatic heterocycles. The average Bonchev–Trinajstić information content (AvgIpc) is 2.15. The van der Waals surface area contributed by atoms with Crippen LogP contribution in [-0.4, -0.2) is 24.4 Å². The number of benzene rings is 1. The van der Waals surface area contributed by atoms with Crippen LogP contribution in [0.1, 0.15) is 21.4 Å². The van der Waals surface area contributed by atoms with Crippen LogP contribution >= 0.6 is 0 Å². The first kappa shape index (κ1) is 10.8. The quantitative estimate of drug-likeness (QED) is 0.563. The van der Waals surface area contributed by atoms with Crippen molar-refractivity contribution in [2.24, 2.45) is 0 Å². The molecule has 0 saturated carbocycles. The topological polar surface area (TPSA) is 91.7 Å². The van der Waals surface area contributed by atoms with Gasteiger partial charge in [0.05, 0.1) is 0 Å². The standard InChI is InChI=1S/C8H8O5S/c9-5-6-3-1-2-4-7(6)8(10)14(11,12)13/h1-5,8,10H,(H,11,12,13). The van der Waals surface area contributed by atoms with E-state index in [0.29, 0.717) is 6.29 Å². The molecular formula is C8H8O5S. The van der Waals surface area contributed by atoms with Crippen LogP contribution in [0.4, 0.5) is 0 Å². The van der Waals surface area contributed by atoms with Gasteiger partial charge in [0, 0.05) is 11.1 Å². The molecule has 6 heteroatoms. The zero-order chi connectivity index (χ0) is 10.8. The fourth-order valence-electron chi connectivity index (χ4n) is 1.00. The molecule has 0 aromatic heterocycles. The van der Waals surface area contributed by atoms with Gasteiger partial charge in [0.25, 0.3) is 10.1 Å². The second kappa shape index (κ2) is 3.87. The van der Waals surface area contributed by atoms with Crippen molar-refractivity contribution in [3.8, 4) is 0 Å².